The number of carbonyl (C=O) groups is 2. The van der Waals surface area contributed by atoms with Crippen LogP contribution >= 0.6 is 11.6 Å². The molecule has 5 nitrogen and oxygen atoms in total. The second-order valence-electron chi connectivity index (χ2n) is 7.71. The zero-order valence-electron chi connectivity index (χ0n) is 17.7. The van der Waals surface area contributed by atoms with Crippen LogP contribution in [0.4, 0.5) is 0 Å². The van der Waals surface area contributed by atoms with Crippen molar-refractivity contribution >= 4 is 23.4 Å². The Kier molecular flexibility index (Phi) is 7.75. The number of hydrogen-bond acceptors (Lipinski definition) is 3. The molecule has 0 N–H and O–H groups in total. The first-order valence-electron chi connectivity index (χ1n) is 10.5. The smallest absolute Gasteiger partial charge is 0.253 e. The van der Waals surface area contributed by atoms with Crippen LogP contribution in [-0.2, 0) is 4.79 Å². The lowest BCUT2D eigenvalue weighted by Gasteiger charge is -2.22. The van der Waals surface area contributed by atoms with E-state index in [9.17, 15) is 9.59 Å². The molecular formula is C24H29ClN2O3. The van der Waals surface area contributed by atoms with Crippen LogP contribution in [0.2, 0.25) is 5.02 Å². The molecule has 2 aromatic rings. The van der Waals surface area contributed by atoms with Crippen molar-refractivity contribution in [2.24, 2.45) is 0 Å². The van der Waals surface area contributed by atoms with Gasteiger partial charge in [-0.05, 0) is 56.0 Å². The molecule has 3 rings (SSSR count). The van der Waals surface area contributed by atoms with Gasteiger partial charge in [0.2, 0.25) is 5.91 Å². The molecule has 2 amide bonds. The number of aryl methyl sites for hydroxylation is 2. The molecule has 0 spiro atoms. The van der Waals surface area contributed by atoms with Crippen LogP contribution in [0.1, 0.15) is 40.7 Å². The minimum Gasteiger partial charge on any atom is -0.493 e. The molecule has 30 heavy (non-hydrogen) atoms. The number of nitrogens with zero attached hydrogens (tertiary/aromatic N) is 2. The van der Waals surface area contributed by atoms with E-state index in [1.807, 2.05) is 41.8 Å². The van der Waals surface area contributed by atoms with E-state index >= 15 is 0 Å². The number of benzene rings is 2. The molecule has 6 heteroatoms. The number of para-hydroxylation sites is 1. The highest BCUT2D eigenvalue weighted by Crippen LogP contribution is 2.22. The van der Waals surface area contributed by atoms with Crippen LogP contribution in [0.5, 0.6) is 5.75 Å². The molecular weight excluding hydrogens is 400 g/mol. The van der Waals surface area contributed by atoms with E-state index in [1.54, 1.807) is 24.3 Å². The zero-order valence-corrected chi connectivity index (χ0v) is 18.5. The molecule has 1 saturated heterocycles. The first kappa shape index (κ1) is 22.2. The lowest BCUT2D eigenvalue weighted by Crippen LogP contribution is -2.37. The van der Waals surface area contributed by atoms with Gasteiger partial charge in [0.15, 0.2) is 0 Å². The summed E-state index contributed by atoms with van der Waals surface area (Å²) in [5, 5.41) is 0.551. The van der Waals surface area contributed by atoms with Gasteiger partial charge in [-0.2, -0.15) is 0 Å². The summed E-state index contributed by atoms with van der Waals surface area (Å²) >= 11 is 6.01. The van der Waals surface area contributed by atoms with E-state index in [2.05, 4.69) is 0 Å². The maximum Gasteiger partial charge on any atom is 0.253 e. The van der Waals surface area contributed by atoms with Gasteiger partial charge in [-0.1, -0.05) is 35.9 Å². The van der Waals surface area contributed by atoms with Gasteiger partial charge in [0.05, 0.1) is 6.61 Å². The van der Waals surface area contributed by atoms with Crippen molar-refractivity contribution in [2.45, 2.75) is 33.1 Å². The topological polar surface area (TPSA) is 49.9 Å². The van der Waals surface area contributed by atoms with Gasteiger partial charge >= 0.3 is 0 Å². The van der Waals surface area contributed by atoms with Crippen LogP contribution in [-0.4, -0.2) is 54.4 Å². The molecule has 1 aliphatic rings. The predicted molar refractivity (Wildman–Crippen MR) is 119 cm³/mol. The Bertz CT molecular complexity index is 880. The highest BCUT2D eigenvalue weighted by atomic mass is 35.5. The monoisotopic (exact) mass is 428 g/mol. The number of carbonyl (C=O) groups excluding carboxylic acids is 2. The number of halogens is 1. The molecule has 0 unspecified atom stereocenters. The van der Waals surface area contributed by atoms with Gasteiger partial charge in [0, 0.05) is 43.2 Å². The van der Waals surface area contributed by atoms with E-state index in [0.717, 1.165) is 23.3 Å². The van der Waals surface area contributed by atoms with Crippen LogP contribution < -0.4 is 4.74 Å². The van der Waals surface area contributed by atoms with Gasteiger partial charge in [-0.25, -0.2) is 0 Å². The second-order valence-corrected chi connectivity index (χ2v) is 8.15. The third-order valence-corrected chi connectivity index (χ3v) is 5.63. The fraction of sp³-hybridized carbons (Fsp3) is 0.417. The van der Waals surface area contributed by atoms with Gasteiger partial charge in [0.25, 0.3) is 5.91 Å². The summed E-state index contributed by atoms with van der Waals surface area (Å²) in [6.45, 7) is 6.99. The van der Waals surface area contributed by atoms with Crippen molar-refractivity contribution in [1.82, 2.24) is 9.80 Å². The lowest BCUT2D eigenvalue weighted by molar-refractivity contribution is -0.131. The normalized spacial score (nSPS) is 14.4. The Hall–Kier alpha value is -2.53. The van der Waals surface area contributed by atoms with Gasteiger partial charge in [-0.15, -0.1) is 0 Å². The van der Waals surface area contributed by atoms with E-state index in [0.29, 0.717) is 56.2 Å². The summed E-state index contributed by atoms with van der Waals surface area (Å²) in [7, 11) is 0. The SMILES string of the molecule is Cc1cccc(C)c1OCCCC(=O)N1CCCN(C(=O)c2cccc(Cl)c2)CC1. The van der Waals surface area contributed by atoms with Crippen molar-refractivity contribution in [2.75, 3.05) is 32.8 Å². The molecule has 0 bridgehead atoms. The van der Waals surface area contributed by atoms with Crippen molar-refractivity contribution in [3.8, 4) is 5.75 Å². The Morgan fingerprint density at radius 3 is 2.37 bits per heavy atom. The molecule has 1 fully saturated rings. The Balaban J connectivity index is 1.45. The summed E-state index contributed by atoms with van der Waals surface area (Å²) in [4.78, 5) is 29.0. The Morgan fingerprint density at radius 1 is 0.967 bits per heavy atom. The van der Waals surface area contributed by atoms with Crippen LogP contribution in [0.25, 0.3) is 0 Å². The lowest BCUT2D eigenvalue weighted by atomic mass is 10.1. The second kappa shape index (κ2) is 10.5. The largest absolute Gasteiger partial charge is 0.493 e. The summed E-state index contributed by atoms with van der Waals surface area (Å²) in [5.74, 6) is 1.00. The Morgan fingerprint density at radius 2 is 1.63 bits per heavy atom. The summed E-state index contributed by atoms with van der Waals surface area (Å²) in [6, 6.07) is 13.1. The number of rotatable bonds is 6. The van der Waals surface area contributed by atoms with E-state index in [-0.39, 0.29) is 11.8 Å². The molecule has 0 radical (unpaired) electrons. The number of amides is 2. The molecule has 160 valence electrons. The average Bonchev–Trinajstić information content (AvgIpc) is 2.98. The van der Waals surface area contributed by atoms with E-state index in [4.69, 9.17) is 16.3 Å². The van der Waals surface area contributed by atoms with E-state index in [1.165, 1.54) is 0 Å². The number of hydrogen-bond donors (Lipinski definition) is 0. The van der Waals surface area contributed by atoms with Crippen molar-refractivity contribution in [3.05, 3.63) is 64.2 Å². The fourth-order valence-electron chi connectivity index (χ4n) is 3.76. The molecule has 1 heterocycles. The minimum absolute atomic E-state index is 0.0335. The predicted octanol–water partition coefficient (Wildman–Crippen LogP) is 4.49. The van der Waals surface area contributed by atoms with Gasteiger partial charge < -0.3 is 14.5 Å². The molecule has 1 aliphatic heterocycles. The summed E-state index contributed by atoms with van der Waals surface area (Å²) < 4.78 is 5.90. The zero-order chi connectivity index (χ0) is 21.5. The Labute approximate surface area is 183 Å². The molecule has 0 aliphatic carbocycles. The standard InChI is InChI=1S/C24H29ClN2O3/c1-18-7-3-8-19(2)23(18)30-16-5-11-22(28)26-12-6-13-27(15-14-26)24(29)20-9-4-10-21(25)17-20/h3-4,7-10,17H,5-6,11-16H2,1-2H3. The molecule has 0 saturated carbocycles. The van der Waals surface area contributed by atoms with Crippen molar-refractivity contribution in [1.29, 1.82) is 0 Å². The maximum absolute atomic E-state index is 12.7. The van der Waals surface area contributed by atoms with Crippen LogP contribution in [0, 0.1) is 13.8 Å². The van der Waals surface area contributed by atoms with Gasteiger partial charge in [-0.3, -0.25) is 9.59 Å². The number of ether oxygens (including phenoxy) is 1. The van der Waals surface area contributed by atoms with Crippen molar-refractivity contribution < 1.29 is 14.3 Å². The quantitative estimate of drug-likeness (QED) is 0.637. The van der Waals surface area contributed by atoms with Crippen LogP contribution in [0.15, 0.2) is 42.5 Å². The highest BCUT2D eigenvalue weighted by Gasteiger charge is 2.22. The summed E-state index contributed by atoms with van der Waals surface area (Å²) in [5.41, 5.74) is 2.81. The minimum atomic E-state index is -0.0335. The molecule has 0 atom stereocenters. The van der Waals surface area contributed by atoms with E-state index < -0.39 is 0 Å². The third-order valence-electron chi connectivity index (χ3n) is 5.40. The van der Waals surface area contributed by atoms with Crippen molar-refractivity contribution in [3.63, 3.8) is 0 Å². The molecule has 2 aromatic carbocycles. The average molecular weight is 429 g/mol. The van der Waals surface area contributed by atoms with Crippen LogP contribution in [0.3, 0.4) is 0 Å². The highest BCUT2D eigenvalue weighted by molar-refractivity contribution is 6.30. The first-order valence-corrected chi connectivity index (χ1v) is 10.8. The maximum atomic E-state index is 12.7. The first-order chi connectivity index (χ1) is 14.5. The fourth-order valence-corrected chi connectivity index (χ4v) is 3.95. The molecule has 0 aromatic heterocycles. The third kappa shape index (κ3) is 5.76. The summed E-state index contributed by atoms with van der Waals surface area (Å²) in [6.07, 6.45) is 1.90. The van der Waals surface area contributed by atoms with Gasteiger partial charge in [0.1, 0.15) is 5.75 Å².